The van der Waals surface area contributed by atoms with Crippen LogP contribution in [-0.4, -0.2) is 10.8 Å². The van der Waals surface area contributed by atoms with Crippen molar-refractivity contribution < 1.29 is 9.72 Å². The van der Waals surface area contributed by atoms with E-state index in [-0.39, 0.29) is 18.0 Å². The first-order valence-corrected chi connectivity index (χ1v) is 6.59. The Balaban J connectivity index is 1.87. The molecule has 6 heteroatoms. The molecule has 22 heavy (non-hydrogen) atoms. The van der Waals surface area contributed by atoms with Crippen molar-refractivity contribution >= 4 is 17.3 Å². The molecule has 0 radical (unpaired) electrons. The molecule has 1 amide bonds. The summed E-state index contributed by atoms with van der Waals surface area (Å²) < 4.78 is 0. The first kappa shape index (κ1) is 15.2. The molecular weight excluding hydrogens is 282 g/mol. The number of rotatable bonds is 6. The van der Waals surface area contributed by atoms with Gasteiger partial charge in [0.1, 0.15) is 0 Å². The number of nitro benzene ring substituents is 1. The van der Waals surface area contributed by atoms with Gasteiger partial charge in [-0.2, -0.15) is 0 Å². The van der Waals surface area contributed by atoms with E-state index in [1.165, 1.54) is 12.1 Å². The molecule has 112 valence electrons. The maximum Gasteiger partial charge on any atom is 0.269 e. The molecule has 0 saturated carbocycles. The van der Waals surface area contributed by atoms with Gasteiger partial charge >= 0.3 is 0 Å². The average Bonchev–Trinajstić information content (AvgIpc) is 2.53. The first-order chi connectivity index (χ1) is 10.6. The zero-order valence-electron chi connectivity index (χ0n) is 11.8. The zero-order chi connectivity index (χ0) is 15.9. The number of nitrogens with zero attached hydrogens (tertiary/aromatic N) is 1. The second-order valence-electron chi connectivity index (χ2n) is 4.62. The Kier molecular flexibility index (Phi) is 4.87. The third-order valence-corrected chi connectivity index (χ3v) is 2.99. The van der Waals surface area contributed by atoms with E-state index >= 15 is 0 Å². The van der Waals surface area contributed by atoms with Crippen LogP contribution < -0.4 is 10.9 Å². The van der Waals surface area contributed by atoms with Crippen LogP contribution in [0.25, 0.3) is 5.70 Å². The molecule has 2 rings (SSSR count). The van der Waals surface area contributed by atoms with E-state index in [0.717, 1.165) is 5.56 Å². The summed E-state index contributed by atoms with van der Waals surface area (Å²) in [4.78, 5) is 21.9. The van der Waals surface area contributed by atoms with Crippen molar-refractivity contribution in [2.75, 3.05) is 0 Å². The highest BCUT2D eigenvalue weighted by molar-refractivity contribution is 5.79. The topological polar surface area (TPSA) is 84.3 Å². The fourth-order valence-corrected chi connectivity index (χ4v) is 1.83. The Hall–Kier alpha value is -3.15. The maximum atomic E-state index is 11.8. The predicted molar refractivity (Wildman–Crippen MR) is 83.6 cm³/mol. The van der Waals surface area contributed by atoms with Gasteiger partial charge in [-0.3, -0.25) is 25.8 Å². The molecule has 0 atom stereocenters. The van der Waals surface area contributed by atoms with Crippen molar-refractivity contribution in [1.82, 2.24) is 10.9 Å². The van der Waals surface area contributed by atoms with Gasteiger partial charge in [-0.1, -0.05) is 36.9 Å². The van der Waals surface area contributed by atoms with Gasteiger partial charge in [0.2, 0.25) is 5.91 Å². The van der Waals surface area contributed by atoms with E-state index < -0.39 is 4.92 Å². The Morgan fingerprint density at radius 3 is 2.27 bits per heavy atom. The third kappa shape index (κ3) is 4.17. The molecule has 0 aromatic heterocycles. The van der Waals surface area contributed by atoms with Crippen LogP contribution in [-0.2, 0) is 11.2 Å². The van der Waals surface area contributed by atoms with Crippen molar-refractivity contribution in [1.29, 1.82) is 0 Å². The molecule has 0 bridgehead atoms. The summed E-state index contributed by atoms with van der Waals surface area (Å²) in [5.74, 6) is -0.200. The standard InChI is InChI=1S/C16H15N3O3/c1-12(14-7-9-15(10-8-14)19(21)22)17-18-16(20)11-13-5-3-2-4-6-13/h2-10,17H,1,11H2,(H,18,20). The largest absolute Gasteiger partial charge is 0.299 e. The summed E-state index contributed by atoms with van der Waals surface area (Å²) in [7, 11) is 0. The summed E-state index contributed by atoms with van der Waals surface area (Å²) in [6, 6.07) is 15.2. The van der Waals surface area contributed by atoms with E-state index in [2.05, 4.69) is 17.4 Å². The van der Waals surface area contributed by atoms with Gasteiger partial charge in [0.05, 0.1) is 17.0 Å². The molecule has 0 saturated heterocycles. The number of nitrogens with one attached hydrogen (secondary N) is 2. The SMILES string of the molecule is C=C(NNC(=O)Cc1ccccc1)c1ccc([N+](=O)[O-])cc1. The van der Waals surface area contributed by atoms with Crippen LogP contribution in [0, 0.1) is 10.1 Å². The Labute approximate surface area is 127 Å². The number of benzene rings is 2. The summed E-state index contributed by atoms with van der Waals surface area (Å²) in [5.41, 5.74) is 7.27. The monoisotopic (exact) mass is 297 g/mol. The minimum Gasteiger partial charge on any atom is -0.299 e. The number of nitro groups is 1. The fraction of sp³-hybridized carbons (Fsp3) is 0.0625. The highest BCUT2D eigenvalue weighted by Crippen LogP contribution is 2.15. The van der Waals surface area contributed by atoms with Crippen molar-refractivity contribution in [3.8, 4) is 0 Å². The first-order valence-electron chi connectivity index (χ1n) is 6.59. The third-order valence-electron chi connectivity index (χ3n) is 2.99. The number of non-ortho nitro benzene ring substituents is 1. The summed E-state index contributed by atoms with van der Waals surface area (Å²) in [5, 5.41) is 10.6. The van der Waals surface area contributed by atoms with Crippen LogP contribution in [0.5, 0.6) is 0 Å². The van der Waals surface area contributed by atoms with Crippen molar-refractivity contribution in [3.05, 3.63) is 82.4 Å². The van der Waals surface area contributed by atoms with Crippen molar-refractivity contribution in [3.63, 3.8) is 0 Å². The van der Waals surface area contributed by atoms with Gasteiger partial charge in [0.25, 0.3) is 5.69 Å². The number of amides is 1. The fourth-order valence-electron chi connectivity index (χ4n) is 1.83. The highest BCUT2D eigenvalue weighted by atomic mass is 16.6. The molecule has 2 aromatic rings. The highest BCUT2D eigenvalue weighted by Gasteiger charge is 2.07. The molecule has 0 aliphatic carbocycles. The normalized spacial score (nSPS) is 9.82. The molecule has 0 spiro atoms. The lowest BCUT2D eigenvalue weighted by molar-refractivity contribution is -0.384. The van der Waals surface area contributed by atoms with Crippen LogP contribution in [0.3, 0.4) is 0 Å². The molecule has 0 aliphatic heterocycles. The summed E-state index contributed by atoms with van der Waals surface area (Å²) >= 11 is 0. The number of carbonyl (C=O) groups excluding carboxylic acids is 1. The summed E-state index contributed by atoms with van der Waals surface area (Å²) in [6.45, 7) is 3.78. The minimum absolute atomic E-state index is 0.00432. The molecule has 0 aliphatic rings. The quantitative estimate of drug-likeness (QED) is 0.633. The average molecular weight is 297 g/mol. The molecule has 2 N–H and O–H groups in total. The van der Waals surface area contributed by atoms with Crippen molar-refractivity contribution in [2.24, 2.45) is 0 Å². The van der Waals surface area contributed by atoms with Gasteiger partial charge in [0, 0.05) is 12.1 Å². The lowest BCUT2D eigenvalue weighted by Crippen LogP contribution is -2.36. The van der Waals surface area contributed by atoms with E-state index in [1.54, 1.807) is 12.1 Å². The molecule has 0 fully saturated rings. The van der Waals surface area contributed by atoms with Gasteiger partial charge < -0.3 is 0 Å². The van der Waals surface area contributed by atoms with E-state index in [0.29, 0.717) is 11.3 Å². The lowest BCUT2D eigenvalue weighted by Gasteiger charge is -2.11. The van der Waals surface area contributed by atoms with Crippen LogP contribution in [0.1, 0.15) is 11.1 Å². The van der Waals surface area contributed by atoms with Crippen LogP contribution in [0.2, 0.25) is 0 Å². The molecule has 0 unspecified atom stereocenters. The second kappa shape index (κ2) is 7.03. The van der Waals surface area contributed by atoms with Gasteiger partial charge in [-0.05, 0) is 23.3 Å². The van der Waals surface area contributed by atoms with Crippen molar-refractivity contribution in [2.45, 2.75) is 6.42 Å². The molecule has 0 heterocycles. The minimum atomic E-state index is -0.471. The molecule has 6 nitrogen and oxygen atoms in total. The van der Waals surface area contributed by atoms with Crippen LogP contribution >= 0.6 is 0 Å². The van der Waals surface area contributed by atoms with Crippen LogP contribution in [0.4, 0.5) is 5.69 Å². The zero-order valence-corrected chi connectivity index (χ0v) is 11.8. The summed E-state index contributed by atoms with van der Waals surface area (Å²) in [6.07, 6.45) is 0.251. The predicted octanol–water partition coefficient (Wildman–Crippen LogP) is 2.43. The Morgan fingerprint density at radius 1 is 1.05 bits per heavy atom. The van der Waals surface area contributed by atoms with Gasteiger partial charge in [0.15, 0.2) is 0 Å². The Bertz CT molecular complexity index is 682. The van der Waals surface area contributed by atoms with Crippen LogP contribution in [0.15, 0.2) is 61.2 Å². The molecular formula is C16H15N3O3. The van der Waals surface area contributed by atoms with E-state index in [4.69, 9.17) is 0 Å². The maximum absolute atomic E-state index is 11.8. The lowest BCUT2D eigenvalue weighted by atomic mass is 10.1. The molecule has 2 aromatic carbocycles. The van der Waals surface area contributed by atoms with E-state index in [9.17, 15) is 14.9 Å². The number of hydrogen-bond acceptors (Lipinski definition) is 4. The Morgan fingerprint density at radius 2 is 1.68 bits per heavy atom. The second-order valence-corrected chi connectivity index (χ2v) is 4.62. The van der Waals surface area contributed by atoms with Gasteiger partial charge in [-0.25, -0.2) is 0 Å². The van der Waals surface area contributed by atoms with E-state index in [1.807, 2.05) is 30.3 Å². The smallest absolute Gasteiger partial charge is 0.269 e. The number of carbonyl (C=O) groups is 1. The van der Waals surface area contributed by atoms with Gasteiger partial charge in [-0.15, -0.1) is 0 Å². The number of hydrazine groups is 1. The number of hydrogen-bond donors (Lipinski definition) is 2.